The molecule has 1 aliphatic heterocycles. The Bertz CT molecular complexity index is 441. The first-order valence-electron chi connectivity index (χ1n) is 7.42. The monoisotopic (exact) mass is 324 g/mol. The highest BCUT2D eigenvalue weighted by Crippen LogP contribution is 2.26. The molecule has 1 aliphatic rings. The molecule has 1 fully saturated rings. The van der Waals surface area contributed by atoms with Crippen molar-refractivity contribution in [3.8, 4) is 0 Å². The van der Waals surface area contributed by atoms with Crippen LogP contribution in [0.1, 0.15) is 12.8 Å². The number of hydrogen-bond acceptors (Lipinski definition) is 4. The minimum absolute atomic E-state index is 0.135. The highest BCUT2D eigenvalue weighted by atomic mass is 32.2. The van der Waals surface area contributed by atoms with Crippen LogP contribution in [0.4, 0.5) is 0 Å². The Morgan fingerprint density at radius 3 is 2.90 bits per heavy atom. The maximum absolute atomic E-state index is 12.3. The van der Waals surface area contributed by atoms with Gasteiger partial charge in [-0.25, -0.2) is 0 Å². The Hall–Kier alpha value is -0.650. The van der Waals surface area contributed by atoms with Gasteiger partial charge in [-0.15, -0.1) is 11.8 Å². The predicted octanol–water partition coefficient (Wildman–Crippen LogP) is 2.71. The van der Waals surface area contributed by atoms with Gasteiger partial charge in [0.25, 0.3) is 0 Å². The number of nitrogens with two attached hydrogens (primary N) is 1. The van der Waals surface area contributed by atoms with Crippen LogP contribution in [0.5, 0.6) is 0 Å². The van der Waals surface area contributed by atoms with Crippen LogP contribution in [0.15, 0.2) is 35.2 Å². The molecular weight excluding hydrogens is 300 g/mol. The molecule has 0 radical (unpaired) electrons. The Morgan fingerprint density at radius 2 is 2.19 bits per heavy atom. The summed E-state index contributed by atoms with van der Waals surface area (Å²) in [6, 6.07) is 10.1. The first-order chi connectivity index (χ1) is 10.2. The van der Waals surface area contributed by atoms with Crippen molar-refractivity contribution < 1.29 is 4.79 Å². The third-order valence-electron chi connectivity index (χ3n) is 3.78. The number of amides is 1. The smallest absolute Gasteiger partial charge is 0.239 e. The van der Waals surface area contributed by atoms with Crippen molar-refractivity contribution in [2.24, 2.45) is 11.7 Å². The first-order valence-corrected chi connectivity index (χ1v) is 9.80. The molecule has 0 aromatic heterocycles. The van der Waals surface area contributed by atoms with E-state index in [0.717, 1.165) is 37.4 Å². The summed E-state index contributed by atoms with van der Waals surface area (Å²) in [5.74, 6) is 2.75. The van der Waals surface area contributed by atoms with Crippen LogP contribution in [0.3, 0.4) is 0 Å². The lowest BCUT2D eigenvalue weighted by molar-refractivity contribution is -0.131. The van der Waals surface area contributed by atoms with Crippen molar-refractivity contribution in [1.29, 1.82) is 0 Å². The molecule has 21 heavy (non-hydrogen) atoms. The second-order valence-electron chi connectivity index (χ2n) is 5.45. The van der Waals surface area contributed by atoms with Crippen LogP contribution >= 0.6 is 23.5 Å². The van der Waals surface area contributed by atoms with Crippen molar-refractivity contribution in [3.05, 3.63) is 30.3 Å². The number of rotatable bonds is 7. The summed E-state index contributed by atoms with van der Waals surface area (Å²) < 4.78 is 0. The lowest BCUT2D eigenvalue weighted by Crippen LogP contribution is -2.43. The molecule has 2 atom stereocenters. The topological polar surface area (TPSA) is 46.3 Å². The van der Waals surface area contributed by atoms with Gasteiger partial charge in [-0.3, -0.25) is 4.79 Å². The minimum atomic E-state index is -0.321. The van der Waals surface area contributed by atoms with Crippen LogP contribution in [-0.4, -0.2) is 47.7 Å². The Labute approximate surface area is 136 Å². The summed E-state index contributed by atoms with van der Waals surface area (Å²) >= 11 is 3.62. The third-order valence-corrected chi connectivity index (χ3v) is 5.66. The predicted molar refractivity (Wildman–Crippen MR) is 92.8 cm³/mol. The number of hydrogen-bond donors (Lipinski definition) is 1. The molecule has 0 aliphatic carbocycles. The second kappa shape index (κ2) is 8.71. The summed E-state index contributed by atoms with van der Waals surface area (Å²) in [7, 11) is 0. The standard InChI is InChI=1S/C16H24N2OS2/c1-20-10-8-15(17)16(19)18-9-7-13(11-18)12-21-14-5-3-2-4-6-14/h2-6,13,15H,7-12,17H2,1H3/t13?,15-/m0/s1. The number of nitrogens with zero attached hydrogens (tertiary/aromatic N) is 1. The lowest BCUT2D eigenvalue weighted by Gasteiger charge is -2.20. The van der Waals surface area contributed by atoms with Gasteiger partial charge in [-0.1, -0.05) is 18.2 Å². The zero-order valence-corrected chi connectivity index (χ0v) is 14.2. The molecule has 1 unspecified atom stereocenters. The molecule has 5 heteroatoms. The zero-order valence-electron chi connectivity index (χ0n) is 12.5. The highest BCUT2D eigenvalue weighted by molar-refractivity contribution is 7.99. The normalized spacial score (nSPS) is 19.7. The van der Waals surface area contributed by atoms with Crippen LogP contribution < -0.4 is 5.73 Å². The van der Waals surface area contributed by atoms with E-state index in [4.69, 9.17) is 5.73 Å². The van der Waals surface area contributed by atoms with Crippen molar-refractivity contribution in [2.75, 3.05) is 30.9 Å². The molecule has 0 spiro atoms. The fraction of sp³-hybridized carbons (Fsp3) is 0.562. The van der Waals surface area contributed by atoms with Crippen LogP contribution in [0.25, 0.3) is 0 Å². The maximum Gasteiger partial charge on any atom is 0.239 e. The van der Waals surface area contributed by atoms with E-state index >= 15 is 0 Å². The fourth-order valence-electron chi connectivity index (χ4n) is 2.50. The molecule has 1 aromatic rings. The van der Waals surface area contributed by atoms with E-state index in [9.17, 15) is 4.79 Å². The van der Waals surface area contributed by atoms with Gasteiger partial charge in [-0.2, -0.15) is 11.8 Å². The van der Waals surface area contributed by atoms with E-state index in [-0.39, 0.29) is 11.9 Å². The molecular formula is C16H24N2OS2. The fourth-order valence-corrected chi connectivity index (χ4v) is 4.04. The number of carbonyl (C=O) groups excluding carboxylic acids is 1. The van der Waals surface area contributed by atoms with Crippen LogP contribution in [0.2, 0.25) is 0 Å². The summed E-state index contributed by atoms with van der Waals surface area (Å²) in [5.41, 5.74) is 5.98. The highest BCUT2D eigenvalue weighted by Gasteiger charge is 2.28. The molecule has 3 nitrogen and oxygen atoms in total. The van der Waals surface area contributed by atoms with Gasteiger partial charge in [0, 0.05) is 23.7 Å². The molecule has 1 amide bonds. The molecule has 2 N–H and O–H groups in total. The van der Waals surface area contributed by atoms with Gasteiger partial charge in [0.15, 0.2) is 0 Å². The van der Waals surface area contributed by atoms with Crippen molar-refractivity contribution in [1.82, 2.24) is 4.90 Å². The van der Waals surface area contributed by atoms with E-state index in [1.807, 2.05) is 29.0 Å². The van der Waals surface area contributed by atoms with Gasteiger partial charge in [0.05, 0.1) is 6.04 Å². The van der Waals surface area contributed by atoms with E-state index in [2.05, 4.69) is 24.3 Å². The second-order valence-corrected chi connectivity index (χ2v) is 7.53. The average molecular weight is 325 g/mol. The van der Waals surface area contributed by atoms with Gasteiger partial charge in [-0.05, 0) is 42.9 Å². The largest absolute Gasteiger partial charge is 0.341 e. The van der Waals surface area contributed by atoms with E-state index < -0.39 is 0 Å². The van der Waals surface area contributed by atoms with Crippen molar-refractivity contribution in [2.45, 2.75) is 23.8 Å². The summed E-state index contributed by atoms with van der Waals surface area (Å²) in [4.78, 5) is 15.5. The first kappa shape index (κ1) is 16.7. The van der Waals surface area contributed by atoms with Crippen molar-refractivity contribution in [3.63, 3.8) is 0 Å². The molecule has 2 rings (SSSR count). The number of thioether (sulfide) groups is 2. The number of likely N-dealkylation sites (tertiary alicyclic amines) is 1. The number of benzene rings is 1. The van der Waals surface area contributed by atoms with Gasteiger partial charge < -0.3 is 10.6 Å². The Balaban J connectivity index is 1.74. The zero-order chi connectivity index (χ0) is 15.1. The third kappa shape index (κ3) is 5.24. The van der Waals surface area contributed by atoms with E-state index in [0.29, 0.717) is 5.92 Å². The molecule has 1 heterocycles. The van der Waals surface area contributed by atoms with Crippen LogP contribution in [0, 0.1) is 5.92 Å². The molecule has 1 saturated heterocycles. The maximum atomic E-state index is 12.3. The molecule has 0 saturated carbocycles. The summed E-state index contributed by atoms with van der Waals surface area (Å²) in [6.45, 7) is 1.73. The Morgan fingerprint density at radius 1 is 1.43 bits per heavy atom. The molecule has 116 valence electrons. The van der Waals surface area contributed by atoms with Gasteiger partial charge >= 0.3 is 0 Å². The van der Waals surface area contributed by atoms with Crippen molar-refractivity contribution >= 4 is 29.4 Å². The quantitative estimate of drug-likeness (QED) is 0.783. The molecule has 1 aromatic carbocycles. The summed E-state index contributed by atoms with van der Waals surface area (Å²) in [5, 5.41) is 0. The number of carbonyl (C=O) groups is 1. The van der Waals surface area contributed by atoms with Gasteiger partial charge in [0.2, 0.25) is 5.91 Å². The SMILES string of the molecule is CSCC[C@H](N)C(=O)N1CCC(CSc2ccccc2)C1. The average Bonchev–Trinajstić information content (AvgIpc) is 2.99. The molecule has 0 bridgehead atoms. The Kier molecular flexibility index (Phi) is 6.93. The summed E-state index contributed by atoms with van der Waals surface area (Å²) in [6.07, 6.45) is 3.92. The lowest BCUT2D eigenvalue weighted by atomic mass is 10.1. The van der Waals surface area contributed by atoms with E-state index in [1.54, 1.807) is 11.8 Å². The minimum Gasteiger partial charge on any atom is -0.341 e. The van der Waals surface area contributed by atoms with Gasteiger partial charge in [0.1, 0.15) is 0 Å². The van der Waals surface area contributed by atoms with E-state index in [1.165, 1.54) is 4.90 Å². The van der Waals surface area contributed by atoms with Crippen LogP contribution in [-0.2, 0) is 4.79 Å².